The number of nitrogens with zero attached hydrogens (tertiary/aromatic N) is 1. The number of primary sulfonamides is 1. The zero-order chi connectivity index (χ0) is 19.4. The zero-order valence-corrected chi connectivity index (χ0v) is 15.7. The molecule has 9 heteroatoms. The molecule has 2 amide bonds. The highest BCUT2D eigenvalue weighted by atomic mass is 32.2. The molecule has 0 saturated heterocycles. The number of amides is 2. The largest absolute Gasteiger partial charge is 0.346 e. The second-order valence-corrected chi connectivity index (χ2v) is 7.84. The maximum atomic E-state index is 12.2. The van der Waals surface area contributed by atoms with Gasteiger partial charge in [0.2, 0.25) is 21.8 Å². The van der Waals surface area contributed by atoms with Crippen LogP contribution in [0.2, 0.25) is 0 Å². The Morgan fingerprint density at radius 1 is 1.16 bits per heavy atom. The van der Waals surface area contributed by atoms with Gasteiger partial charge in [0.05, 0.1) is 23.5 Å². The summed E-state index contributed by atoms with van der Waals surface area (Å²) in [5.41, 5.74) is 6.47. The second kappa shape index (κ2) is 8.41. The van der Waals surface area contributed by atoms with E-state index in [0.717, 1.165) is 5.56 Å². The number of likely N-dealkylation sites (N-methyl/N-ethyl adjacent to an activating group) is 1. The van der Waals surface area contributed by atoms with Gasteiger partial charge in [-0.05, 0) is 30.5 Å². The summed E-state index contributed by atoms with van der Waals surface area (Å²) in [6.07, 6.45) is 0. The smallest absolute Gasteiger partial charge is 0.242 e. The van der Waals surface area contributed by atoms with Crippen molar-refractivity contribution < 1.29 is 18.0 Å². The molecule has 1 rings (SSSR count). The Morgan fingerprint density at radius 3 is 2.12 bits per heavy atom. The predicted molar refractivity (Wildman–Crippen MR) is 94.8 cm³/mol. The van der Waals surface area contributed by atoms with E-state index in [1.165, 1.54) is 17.0 Å². The number of nitrogens with one attached hydrogen (secondary N) is 1. The van der Waals surface area contributed by atoms with Gasteiger partial charge in [0.15, 0.2) is 0 Å². The number of sulfonamides is 1. The molecular weight excluding hydrogens is 344 g/mol. The Labute approximate surface area is 148 Å². The number of nitrogens with two attached hydrogens (primary N) is 2. The van der Waals surface area contributed by atoms with Crippen molar-refractivity contribution >= 4 is 21.8 Å². The first kappa shape index (κ1) is 21.1. The van der Waals surface area contributed by atoms with Crippen molar-refractivity contribution in [3.05, 3.63) is 29.8 Å². The Bertz CT molecular complexity index is 716. The summed E-state index contributed by atoms with van der Waals surface area (Å²) in [4.78, 5) is 25.5. The first-order valence-electron chi connectivity index (χ1n) is 7.86. The molecule has 0 aliphatic rings. The molecule has 0 bridgehead atoms. The molecule has 0 aliphatic carbocycles. The maximum absolute atomic E-state index is 12.2. The fourth-order valence-corrected chi connectivity index (χ4v) is 2.60. The SMILES string of the molecule is CC(C)[C@H](N)C(=O)NCC(=O)N(C)C(C)c1ccc(S(N)(=O)=O)cc1. The van der Waals surface area contributed by atoms with Crippen LogP contribution in [0.4, 0.5) is 0 Å². The van der Waals surface area contributed by atoms with Crippen molar-refractivity contribution in [1.82, 2.24) is 10.2 Å². The molecule has 2 atom stereocenters. The molecule has 0 aliphatic heterocycles. The van der Waals surface area contributed by atoms with Gasteiger partial charge in [0, 0.05) is 7.05 Å². The summed E-state index contributed by atoms with van der Waals surface area (Å²) >= 11 is 0. The number of hydrogen-bond donors (Lipinski definition) is 3. The van der Waals surface area contributed by atoms with Gasteiger partial charge in [0.25, 0.3) is 0 Å². The van der Waals surface area contributed by atoms with Crippen LogP contribution in [0.3, 0.4) is 0 Å². The Kier molecular flexibility index (Phi) is 7.09. The molecule has 1 aromatic carbocycles. The molecule has 0 saturated carbocycles. The van der Waals surface area contributed by atoms with Crippen LogP contribution in [0.15, 0.2) is 29.2 Å². The first-order valence-corrected chi connectivity index (χ1v) is 9.41. The number of carbonyl (C=O) groups is 2. The van der Waals surface area contributed by atoms with E-state index in [4.69, 9.17) is 10.9 Å². The lowest BCUT2D eigenvalue weighted by Gasteiger charge is -2.26. The molecule has 25 heavy (non-hydrogen) atoms. The molecule has 0 spiro atoms. The van der Waals surface area contributed by atoms with E-state index in [-0.39, 0.29) is 35.2 Å². The topological polar surface area (TPSA) is 136 Å². The van der Waals surface area contributed by atoms with Crippen LogP contribution in [0.25, 0.3) is 0 Å². The highest BCUT2D eigenvalue weighted by Crippen LogP contribution is 2.20. The average molecular weight is 370 g/mol. The predicted octanol–water partition coefficient (Wildman–Crippen LogP) is -0.0471. The van der Waals surface area contributed by atoms with Crippen molar-refractivity contribution in [3.8, 4) is 0 Å². The van der Waals surface area contributed by atoms with Gasteiger partial charge in [0.1, 0.15) is 0 Å². The minimum Gasteiger partial charge on any atom is -0.346 e. The average Bonchev–Trinajstić information content (AvgIpc) is 2.56. The zero-order valence-electron chi connectivity index (χ0n) is 14.9. The van der Waals surface area contributed by atoms with E-state index in [1.54, 1.807) is 26.1 Å². The molecule has 0 heterocycles. The van der Waals surface area contributed by atoms with E-state index in [0.29, 0.717) is 0 Å². The number of rotatable bonds is 7. The highest BCUT2D eigenvalue weighted by Gasteiger charge is 2.21. The summed E-state index contributed by atoms with van der Waals surface area (Å²) in [7, 11) is -2.15. The van der Waals surface area contributed by atoms with Crippen molar-refractivity contribution in [1.29, 1.82) is 0 Å². The fourth-order valence-electron chi connectivity index (χ4n) is 2.08. The summed E-state index contributed by atoms with van der Waals surface area (Å²) in [5.74, 6) is -0.682. The molecule has 0 fully saturated rings. The third kappa shape index (κ3) is 5.80. The van der Waals surface area contributed by atoms with Gasteiger partial charge < -0.3 is 16.0 Å². The maximum Gasteiger partial charge on any atom is 0.242 e. The van der Waals surface area contributed by atoms with Gasteiger partial charge in [-0.1, -0.05) is 26.0 Å². The fraction of sp³-hybridized carbons (Fsp3) is 0.500. The molecule has 140 valence electrons. The van der Waals surface area contributed by atoms with Crippen molar-refractivity contribution in [2.45, 2.75) is 37.8 Å². The molecule has 1 aromatic rings. The normalized spacial score (nSPS) is 14.0. The minimum atomic E-state index is -3.76. The van der Waals surface area contributed by atoms with Crippen molar-refractivity contribution in [2.24, 2.45) is 16.8 Å². The molecule has 0 aromatic heterocycles. The van der Waals surface area contributed by atoms with Crippen LogP contribution in [0.1, 0.15) is 32.4 Å². The summed E-state index contributed by atoms with van der Waals surface area (Å²) in [6.45, 7) is 5.29. The van der Waals surface area contributed by atoms with Gasteiger partial charge in [-0.25, -0.2) is 13.6 Å². The van der Waals surface area contributed by atoms with E-state index in [2.05, 4.69) is 5.32 Å². The van der Waals surface area contributed by atoms with E-state index in [9.17, 15) is 18.0 Å². The first-order chi connectivity index (χ1) is 11.4. The minimum absolute atomic E-state index is 0.00682. The van der Waals surface area contributed by atoms with Crippen LogP contribution >= 0.6 is 0 Å². The molecular formula is C16H26N4O4S. The molecule has 5 N–H and O–H groups in total. The lowest BCUT2D eigenvalue weighted by Crippen LogP contribution is -2.47. The van der Waals surface area contributed by atoms with Crippen LogP contribution in [0.5, 0.6) is 0 Å². The molecule has 1 unspecified atom stereocenters. The van der Waals surface area contributed by atoms with Gasteiger partial charge in [-0.3, -0.25) is 9.59 Å². The van der Waals surface area contributed by atoms with Gasteiger partial charge in [-0.2, -0.15) is 0 Å². The summed E-state index contributed by atoms with van der Waals surface area (Å²) in [5, 5.41) is 7.59. The van der Waals surface area contributed by atoms with E-state index in [1.807, 2.05) is 13.8 Å². The molecule has 8 nitrogen and oxygen atoms in total. The number of benzene rings is 1. The molecule has 0 radical (unpaired) electrons. The lowest BCUT2D eigenvalue weighted by atomic mass is 10.1. The summed E-state index contributed by atoms with van der Waals surface area (Å²) < 4.78 is 22.5. The lowest BCUT2D eigenvalue weighted by molar-refractivity contribution is -0.133. The second-order valence-electron chi connectivity index (χ2n) is 6.28. The monoisotopic (exact) mass is 370 g/mol. The third-order valence-corrected chi connectivity index (χ3v) is 5.03. The quantitative estimate of drug-likeness (QED) is 0.618. The van der Waals surface area contributed by atoms with Gasteiger partial charge >= 0.3 is 0 Å². The Morgan fingerprint density at radius 2 is 1.68 bits per heavy atom. The van der Waals surface area contributed by atoms with Crippen LogP contribution in [-0.2, 0) is 19.6 Å². The van der Waals surface area contributed by atoms with Crippen LogP contribution < -0.4 is 16.2 Å². The van der Waals surface area contributed by atoms with Gasteiger partial charge in [-0.15, -0.1) is 0 Å². The summed E-state index contributed by atoms with van der Waals surface area (Å²) in [6, 6.07) is 5.01. The van der Waals surface area contributed by atoms with Crippen molar-refractivity contribution in [2.75, 3.05) is 13.6 Å². The Balaban J connectivity index is 2.70. The number of carbonyl (C=O) groups excluding carboxylic acids is 2. The van der Waals surface area contributed by atoms with Crippen LogP contribution in [-0.4, -0.2) is 44.8 Å². The standard InChI is InChI=1S/C16H26N4O4S/c1-10(2)15(17)16(22)19-9-14(21)20(4)11(3)12-5-7-13(8-6-12)25(18,23)24/h5-8,10-11,15H,9,17H2,1-4H3,(H,19,22)(H2,18,23,24)/t11?,15-/m0/s1. The Hall–Kier alpha value is -1.97. The van der Waals surface area contributed by atoms with Crippen molar-refractivity contribution in [3.63, 3.8) is 0 Å². The van der Waals surface area contributed by atoms with E-state index >= 15 is 0 Å². The third-order valence-electron chi connectivity index (χ3n) is 4.10. The van der Waals surface area contributed by atoms with E-state index < -0.39 is 16.1 Å². The highest BCUT2D eigenvalue weighted by molar-refractivity contribution is 7.89. The van der Waals surface area contributed by atoms with Crippen LogP contribution in [0, 0.1) is 5.92 Å². The number of hydrogen-bond acceptors (Lipinski definition) is 5.